The molecule has 1 aromatic carbocycles. The van der Waals surface area contributed by atoms with Gasteiger partial charge in [0.2, 0.25) is 12.2 Å². The van der Waals surface area contributed by atoms with Crippen LogP contribution in [0.5, 0.6) is 0 Å². The number of tetrazole rings is 1. The zero-order valence-electron chi connectivity index (χ0n) is 14.5. The molecule has 4 rings (SSSR count). The minimum absolute atomic E-state index is 0.197. The molecule has 0 bridgehead atoms. The van der Waals surface area contributed by atoms with Gasteiger partial charge >= 0.3 is 6.09 Å². The van der Waals surface area contributed by atoms with Crippen molar-refractivity contribution < 1.29 is 23.4 Å². The smallest absolute Gasteiger partial charge is 0.414 e. The number of amides is 1. The summed E-state index contributed by atoms with van der Waals surface area (Å²) in [6.45, 7) is -0.212. The van der Waals surface area contributed by atoms with Crippen LogP contribution in [0.1, 0.15) is 0 Å². The molecule has 1 aliphatic rings. The van der Waals surface area contributed by atoms with E-state index in [9.17, 15) is 13.6 Å². The molecule has 0 radical (unpaired) electrons. The second-order valence-electron chi connectivity index (χ2n) is 6.10. The van der Waals surface area contributed by atoms with Crippen LogP contribution in [0, 0.1) is 5.82 Å². The van der Waals surface area contributed by atoms with E-state index in [4.69, 9.17) is 9.84 Å². The summed E-state index contributed by atoms with van der Waals surface area (Å²) in [7, 11) is 1.63. The third-order valence-electron chi connectivity index (χ3n) is 4.22. The molecule has 1 saturated heterocycles. The Hall–Kier alpha value is -3.47. The fourth-order valence-electron chi connectivity index (χ4n) is 2.82. The number of pyridine rings is 1. The number of aromatic nitrogens is 5. The second-order valence-corrected chi connectivity index (χ2v) is 6.10. The summed E-state index contributed by atoms with van der Waals surface area (Å²) in [4.78, 5) is 18.4. The summed E-state index contributed by atoms with van der Waals surface area (Å²) in [5, 5.41) is 20.6. The van der Waals surface area contributed by atoms with E-state index in [1.807, 2.05) is 0 Å². The van der Waals surface area contributed by atoms with Crippen LogP contribution in [-0.2, 0) is 11.8 Å². The summed E-state index contributed by atoms with van der Waals surface area (Å²) >= 11 is 0. The summed E-state index contributed by atoms with van der Waals surface area (Å²) in [5.74, 6) is -0.247. The molecule has 2 aromatic heterocycles. The number of benzene rings is 1. The van der Waals surface area contributed by atoms with Gasteiger partial charge in [-0.3, -0.25) is 9.88 Å². The highest BCUT2D eigenvalue weighted by Gasteiger charge is 2.37. The third-order valence-corrected chi connectivity index (χ3v) is 4.22. The first kappa shape index (κ1) is 17.9. The molecule has 3 heterocycles. The normalized spacial score (nSPS) is 17.6. The molecular weight excluding hydrogens is 374 g/mol. The minimum Gasteiger partial charge on any atom is -0.438 e. The summed E-state index contributed by atoms with van der Waals surface area (Å²) in [6.07, 6.45) is -2.98. The number of rotatable bonds is 4. The first-order valence-corrected chi connectivity index (χ1v) is 8.23. The molecule has 28 heavy (non-hydrogen) atoms. The van der Waals surface area contributed by atoms with Gasteiger partial charge < -0.3 is 9.84 Å². The monoisotopic (exact) mass is 388 g/mol. The van der Waals surface area contributed by atoms with Crippen LogP contribution < -0.4 is 4.90 Å². The van der Waals surface area contributed by atoms with E-state index in [1.165, 1.54) is 23.1 Å². The van der Waals surface area contributed by atoms with Gasteiger partial charge in [0.15, 0.2) is 6.10 Å². The van der Waals surface area contributed by atoms with Crippen molar-refractivity contribution in [2.24, 2.45) is 7.05 Å². The quantitative estimate of drug-likeness (QED) is 0.725. The molecule has 0 aliphatic carbocycles. The number of aliphatic hydroxyl groups is 1. The van der Waals surface area contributed by atoms with Crippen LogP contribution in [0.15, 0.2) is 36.5 Å². The van der Waals surface area contributed by atoms with Gasteiger partial charge in [-0.1, -0.05) is 6.07 Å². The molecule has 1 unspecified atom stereocenters. The zero-order valence-corrected chi connectivity index (χ0v) is 14.5. The number of carbonyl (C=O) groups excluding carboxylic acids is 1. The van der Waals surface area contributed by atoms with Crippen molar-refractivity contribution in [3.05, 3.63) is 42.3 Å². The first-order valence-electron chi connectivity index (χ1n) is 8.23. The highest BCUT2D eigenvalue weighted by Crippen LogP contribution is 2.30. The molecule has 144 valence electrons. The summed E-state index contributed by atoms with van der Waals surface area (Å²) in [6, 6.07) is 7.43. The van der Waals surface area contributed by atoms with Gasteiger partial charge in [-0.2, -0.15) is 4.80 Å². The Bertz CT molecular complexity index is 1020. The van der Waals surface area contributed by atoms with Crippen molar-refractivity contribution in [1.29, 1.82) is 0 Å². The van der Waals surface area contributed by atoms with Crippen molar-refractivity contribution >= 4 is 11.8 Å². The maximum absolute atomic E-state index is 14.6. The lowest BCUT2D eigenvalue weighted by molar-refractivity contribution is -0.0503. The maximum atomic E-state index is 14.6. The lowest BCUT2D eigenvalue weighted by Gasteiger charge is -2.14. The number of hydrogen-bond donors (Lipinski definition) is 1. The van der Waals surface area contributed by atoms with Crippen LogP contribution >= 0.6 is 0 Å². The Labute approximate surface area is 157 Å². The molecule has 1 amide bonds. The number of aryl methyl sites for hydroxylation is 1. The number of alkyl halides is 1. The van der Waals surface area contributed by atoms with Crippen LogP contribution in [0.3, 0.4) is 0 Å². The molecule has 0 spiro atoms. The molecular formula is C17H14F2N6O3. The van der Waals surface area contributed by atoms with Crippen molar-refractivity contribution in [2.75, 3.05) is 11.4 Å². The molecule has 2 atom stereocenters. The molecule has 1 aliphatic heterocycles. The topological polar surface area (TPSA) is 106 Å². The van der Waals surface area contributed by atoms with Gasteiger partial charge in [0.05, 0.1) is 19.3 Å². The molecule has 1 fully saturated rings. The van der Waals surface area contributed by atoms with Crippen LogP contribution in [0.4, 0.5) is 19.3 Å². The van der Waals surface area contributed by atoms with Gasteiger partial charge in [0.25, 0.3) is 0 Å². The SMILES string of the molecule is Cn1nnc(-c2ccc(-c3ccc(N4C[C@@H](C(O)F)OC4=O)cc3F)cn2)n1. The van der Waals surface area contributed by atoms with E-state index in [0.29, 0.717) is 17.1 Å². The van der Waals surface area contributed by atoms with Crippen molar-refractivity contribution in [1.82, 2.24) is 25.2 Å². The van der Waals surface area contributed by atoms with Gasteiger partial charge in [-0.25, -0.2) is 13.6 Å². The standard InChI is InChI=1S/C17H14F2N6O3/c1-24-22-16(21-23-24)13-5-2-9(7-20-13)11-4-3-10(6-12(11)18)25-8-14(15(19)26)28-17(25)27/h2-7,14-15,26H,8H2,1H3/t14-,15?/m0/s1. The number of halogens is 2. The number of cyclic esters (lactones) is 1. The zero-order chi connectivity index (χ0) is 19.8. The molecule has 1 N–H and O–H groups in total. The fraction of sp³-hybridized carbons (Fsp3) is 0.235. The Morgan fingerprint density at radius 1 is 1.32 bits per heavy atom. The lowest BCUT2D eigenvalue weighted by Crippen LogP contribution is -2.28. The Morgan fingerprint density at radius 3 is 2.71 bits per heavy atom. The van der Waals surface area contributed by atoms with Crippen molar-refractivity contribution in [2.45, 2.75) is 12.5 Å². The van der Waals surface area contributed by atoms with Gasteiger partial charge in [0, 0.05) is 17.3 Å². The highest BCUT2D eigenvalue weighted by atomic mass is 19.1. The number of anilines is 1. The number of ether oxygens (including phenoxy) is 1. The lowest BCUT2D eigenvalue weighted by atomic mass is 10.1. The number of nitrogens with zero attached hydrogens (tertiary/aromatic N) is 6. The van der Waals surface area contributed by atoms with E-state index in [-0.39, 0.29) is 17.8 Å². The van der Waals surface area contributed by atoms with Crippen LogP contribution in [0.25, 0.3) is 22.6 Å². The van der Waals surface area contributed by atoms with Gasteiger partial charge in [-0.15, -0.1) is 10.2 Å². The predicted octanol–water partition coefficient (Wildman–Crippen LogP) is 1.69. The van der Waals surface area contributed by atoms with Crippen LogP contribution in [-0.4, -0.2) is 55.4 Å². The first-order chi connectivity index (χ1) is 13.4. The average molecular weight is 388 g/mol. The number of aliphatic hydroxyl groups excluding tert-OH is 1. The molecule has 0 saturated carbocycles. The second kappa shape index (κ2) is 6.93. The summed E-state index contributed by atoms with van der Waals surface area (Å²) < 4.78 is 32.3. The van der Waals surface area contributed by atoms with Crippen molar-refractivity contribution in [3.63, 3.8) is 0 Å². The Morgan fingerprint density at radius 2 is 2.14 bits per heavy atom. The minimum atomic E-state index is -2.30. The van der Waals surface area contributed by atoms with Crippen molar-refractivity contribution in [3.8, 4) is 22.6 Å². The number of carbonyl (C=O) groups is 1. The van der Waals surface area contributed by atoms with E-state index >= 15 is 0 Å². The Balaban J connectivity index is 1.57. The van der Waals surface area contributed by atoms with Crippen LogP contribution in [0.2, 0.25) is 0 Å². The third kappa shape index (κ3) is 3.27. The molecule has 9 nitrogen and oxygen atoms in total. The highest BCUT2D eigenvalue weighted by molar-refractivity contribution is 5.90. The molecule has 11 heteroatoms. The molecule has 3 aromatic rings. The van der Waals surface area contributed by atoms with Gasteiger partial charge in [0.1, 0.15) is 11.5 Å². The fourth-order valence-corrected chi connectivity index (χ4v) is 2.82. The maximum Gasteiger partial charge on any atom is 0.414 e. The predicted molar refractivity (Wildman–Crippen MR) is 92.2 cm³/mol. The van der Waals surface area contributed by atoms with E-state index in [2.05, 4.69) is 20.4 Å². The van der Waals surface area contributed by atoms with E-state index in [1.54, 1.807) is 19.2 Å². The largest absolute Gasteiger partial charge is 0.438 e. The average Bonchev–Trinajstić information content (AvgIpc) is 3.28. The summed E-state index contributed by atoms with van der Waals surface area (Å²) in [5.41, 5.74) is 1.47. The van der Waals surface area contributed by atoms with Gasteiger partial charge in [-0.05, 0) is 29.5 Å². The van der Waals surface area contributed by atoms with E-state index < -0.39 is 24.4 Å². The van der Waals surface area contributed by atoms with E-state index in [0.717, 1.165) is 11.0 Å². The Kier molecular flexibility index (Phi) is 4.43. The number of hydrogen-bond acceptors (Lipinski definition) is 7.